The second-order valence-electron chi connectivity index (χ2n) is 6.48. The van der Waals surface area contributed by atoms with Crippen molar-refractivity contribution >= 4 is 5.96 Å². The van der Waals surface area contributed by atoms with E-state index in [2.05, 4.69) is 22.5 Å². The van der Waals surface area contributed by atoms with Gasteiger partial charge >= 0.3 is 0 Å². The maximum Gasteiger partial charge on any atom is 0.190 e. The van der Waals surface area contributed by atoms with Crippen molar-refractivity contribution in [3.8, 4) is 0 Å². The number of guanidine groups is 1. The molecule has 2 saturated carbocycles. The van der Waals surface area contributed by atoms with Crippen molar-refractivity contribution in [3.63, 3.8) is 0 Å². The molecule has 2 aliphatic rings. The van der Waals surface area contributed by atoms with Crippen LogP contribution < -0.4 is 10.6 Å². The topological polar surface area (TPSA) is 45.6 Å². The number of aliphatic imine (C=N–C) groups is 1. The van der Waals surface area contributed by atoms with Crippen molar-refractivity contribution in [3.05, 3.63) is 0 Å². The van der Waals surface area contributed by atoms with Crippen LogP contribution in [0.3, 0.4) is 0 Å². The van der Waals surface area contributed by atoms with Gasteiger partial charge in [0.25, 0.3) is 0 Å². The molecule has 0 radical (unpaired) electrons. The molecule has 0 spiro atoms. The summed E-state index contributed by atoms with van der Waals surface area (Å²) in [5.41, 5.74) is 0. The Morgan fingerprint density at radius 2 is 1.86 bits per heavy atom. The summed E-state index contributed by atoms with van der Waals surface area (Å²) in [5.74, 6) is 2.69. The van der Waals surface area contributed by atoms with Gasteiger partial charge in [-0.15, -0.1) is 0 Å². The van der Waals surface area contributed by atoms with Gasteiger partial charge in [-0.05, 0) is 44.4 Å². The first-order chi connectivity index (χ1) is 10.3. The van der Waals surface area contributed by atoms with E-state index in [0.29, 0.717) is 6.10 Å². The summed E-state index contributed by atoms with van der Waals surface area (Å²) in [6, 6.07) is 0. The van der Waals surface area contributed by atoms with Gasteiger partial charge < -0.3 is 15.4 Å². The molecule has 0 saturated heterocycles. The molecular weight excluding hydrogens is 262 g/mol. The molecule has 4 nitrogen and oxygen atoms in total. The van der Waals surface area contributed by atoms with E-state index < -0.39 is 0 Å². The number of nitrogens with zero attached hydrogens (tertiary/aromatic N) is 1. The Bertz CT molecular complexity index is 309. The quantitative estimate of drug-likeness (QED) is 0.508. The molecule has 1 atom stereocenters. The summed E-state index contributed by atoms with van der Waals surface area (Å²) in [6.07, 6.45) is 11.1. The minimum atomic E-state index is 0.426. The highest BCUT2D eigenvalue weighted by Crippen LogP contribution is 2.31. The van der Waals surface area contributed by atoms with Gasteiger partial charge in [0.05, 0.1) is 6.10 Å². The fourth-order valence-electron chi connectivity index (χ4n) is 3.35. The summed E-state index contributed by atoms with van der Waals surface area (Å²) < 4.78 is 5.96. The molecule has 2 aliphatic carbocycles. The molecule has 2 fully saturated rings. The summed E-state index contributed by atoms with van der Waals surface area (Å²) in [7, 11) is 1.85. The predicted octanol–water partition coefficient (Wildman–Crippen LogP) is 2.94. The number of ether oxygens (including phenoxy) is 1. The molecule has 0 bridgehead atoms. The van der Waals surface area contributed by atoms with Crippen molar-refractivity contribution in [2.45, 2.75) is 64.4 Å². The lowest BCUT2D eigenvalue weighted by atomic mass is 9.98. The number of nitrogens with one attached hydrogen (secondary N) is 2. The molecule has 122 valence electrons. The third kappa shape index (κ3) is 6.25. The normalized spacial score (nSPS) is 21.5. The van der Waals surface area contributed by atoms with Gasteiger partial charge in [-0.25, -0.2) is 0 Å². The van der Waals surface area contributed by atoms with Gasteiger partial charge in [0.1, 0.15) is 0 Å². The van der Waals surface area contributed by atoms with E-state index in [1.165, 1.54) is 44.9 Å². The van der Waals surface area contributed by atoms with E-state index >= 15 is 0 Å². The first-order valence-corrected chi connectivity index (χ1v) is 8.89. The predicted molar refractivity (Wildman–Crippen MR) is 88.7 cm³/mol. The van der Waals surface area contributed by atoms with Crippen molar-refractivity contribution in [2.24, 2.45) is 16.8 Å². The van der Waals surface area contributed by atoms with Gasteiger partial charge in [0, 0.05) is 26.7 Å². The Morgan fingerprint density at radius 1 is 1.14 bits per heavy atom. The third-order valence-corrected chi connectivity index (χ3v) is 4.79. The second-order valence-corrected chi connectivity index (χ2v) is 6.48. The number of hydrogen-bond donors (Lipinski definition) is 2. The van der Waals surface area contributed by atoms with Crippen LogP contribution in [0, 0.1) is 11.8 Å². The molecule has 0 aromatic carbocycles. The smallest absolute Gasteiger partial charge is 0.190 e. The zero-order chi connectivity index (χ0) is 14.9. The van der Waals surface area contributed by atoms with E-state index in [1.807, 2.05) is 7.05 Å². The maximum atomic E-state index is 5.96. The molecule has 0 aliphatic heterocycles. The van der Waals surface area contributed by atoms with Gasteiger partial charge in [0.15, 0.2) is 5.96 Å². The number of hydrogen-bond acceptors (Lipinski definition) is 2. The lowest BCUT2D eigenvalue weighted by Crippen LogP contribution is -2.40. The van der Waals surface area contributed by atoms with Crippen molar-refractivity contribution in [1.82, 2.24) is 10.6 Å². The van der Waals surface area contributed by atoms with Crippen LogP contribution in [0.1, 0.15) is 58.3 Å². The average Bonchev–Trinajstić information content (AvgIpc) is 3.15. The summed E-state index contributed by atoms with van der Waals surface area (Å²) in [4.78, 5) is 4.30. The van der Waals surface area contributed by atoms with Crippen molar-refractivity contribution in [1.29, 1.82) is 0 Å². The third-order valence-electron chi connectivity index (χ3n) is 4.79. The van der Waals surface area contributed by atoms with Crippen LogP contribution in [0.25, 0.3) is 0 Å². The van der Waals surface area contributed by atoms with Gasteiger partial charge in [0.2, 0.25) is 0 Å². The highest BCUT2D eigenvalue weighted by Gasteiger charge is 2.25. The van der Waals surface area contributed by atoms with Crippen molar-refractivity contribution in [2.75, 3.05) is 26.7 Å². The molecule has 2 N–H and O–H groups in total. The molecule has 0 amide bonds. The lowest BCUT2D eigenvalue weighted by Gasteiger charge is -2.24. The Labute approximate surface area is 130 Å². The van der Waals surface area contributed by atoms with Crippen LogP contribution in [0.4, 0.5) is 0 Å². The SMILES string of the molecule is CCOC(CCNC(=NC)NCCC1CC1)C1CCCC1. The Kier molecular flexibility index (Phi) is 7.34. The van der Waals surface area contributed by atoms with E-state index in [9.17, 15) is 0 Å². The van der Waals surface area contributed by atoms with E-state index in [0.717, 1.165) is 43.9 Å². The average molecular weight is 295 g/mol. The Balaban J connectivity index is 1.61. The molecule has 4 heteroatoms. The van der Waals surface area contributed by atoms with Gasteiger partial charge in [-0.3, -0.25) is 4.99 Å². The van der Waals surface area contributed by atoms with Crippen LogP contribution in [0.2, 0.25) is 0 Å². The Hall–Kier alpha value is -0.770. The minimum Gasteiger partial charge on any atom is -0.378 e. The molecule has 21 heavy (non-hydrogen) atoms. The van der Waals surface area contributed by atoms with Crippen LogP contribution >= 0.6 is 0 Å². The zero-order valence-electron chi connectivity index (χ0n) is 13.9. The fourth-order valence-corrected chi connectivity index (χ4v) is 3.35. The van der Waals surface area contributed by atoms with Crippen LogP contribution in [0.15, 0.2) is 4.99 Å². The van der Waals surface area contributed by atoms with Crippen LogP contribution in [0.5, 0.6) is 0 Å². The number of rotatable bonds is 9. The fraction of sp³-hybridized carbons (Fsp3) is 0.941. The summed E-state index contributed by atoms with van der Waals surface area (Å²) in [5, 5.41) is 6.85. The highest BCUT2D eigenvalue weighted by molar-refractivity contribution is 5.79. The van der Waals surface area contributed by atoms with Crippen LogP contribution in [-0.2, 0) is 4.74 Å². The molecule has 0 aromatic rings. The maximum absolute atomic E-state index is 5.96. The molecular formula is C17H33N3O. The summed E-state index contributed by atoms with van der Waals surface area (Å²) in [6.45, 7) is 4.93. The molecule has 1 unspecified atom stereocenters. The van der Waals surface area contributed by atoms with E-state index in [1.54, 1.807) is 0 Å². The molecule has 0 heterocycles. The van der Waals surface area contributed by atoms with Gasteiger partial charge in [-0.2, -0.15) is 0 Å². The highest BCUT2D eigenvalue weighted by atomic mass is 16.5. The second kappa shape index (κ2) is 9.29. The first kappa shape index (κ1) is 16.6. The van der Waals surface area contributed by atoms with Gasteiger partial charge in [-0.1, -0.05) is 25.7 Å². The minimum absolute atomic E-state index is 0.426. The standard InChI is InChI=1S/C17H33N3O/c1-3-21-16(15-6-4-5-7-15)11-13-20-17(18-2)19-12-10-14-8-9-14/h14-16H,3-13H2,1-2H3,(H2,18,19,20). The van der Waals surface area contributed by atoms with Crippen molar-refractivity contribution < 1.29 is 4.74 Å². The zero-order valence-corrected chi connectivity index (χ0v) is 13.9. The summed E-state index contributed by atoms with van der Waals surface area (Å²) >= 11 is 0. The van der Waals surface area contributed by atoms with E-state index in [-0.39, 0.29) is 0 Å². The largest absolute Gasteiger partial charge is 0.378 e. The molecule has 0 aromatic heterocycles. The molecule has 2 rings (SSSR count). The van der Waals surface area contributed by atoms with Crippen LogP contribution in [-0.4, -0.2) is 38.8 Å². The first-order valence-electron chi connectivity index (χ1n) is 8.89. The monoisotopic (exact) mass is 295 g/mol. The Morgan fingerprint density at radius 3 is 2.48 bits per heavy atom. The lowest BCUT2D eigenvalue weighted by molar-refractivity contribution is 0.0169. The van der Waals surface area contributed by atoms with E-state index in [4.69, 9.17) is 4.74 Å².